The number of benzene rings is 2. The number of aryl methyl sites for hydroxylation is 1. The van der Waals surface area contributed by atoms with Crippen LogP contribution >= 0.6 is 0 Å². The van der Waals surface area contributed by atoms with E-state index in [1.54, 1.807) is 4.90 Å². The van der Waals surface area contributed by atoms with Crippen LogP contribution in [0.25, 0.3) is 11.3 Å². The standard InChI is InChI=1S/C28H37FN4O2/c1-20-11-9-10-14-22(20)16-32-18-24(21-12-7-6-8-13-21)31-27(32)26(28(2,3)4)33(17-23(29)15-30)25(34)19-35-5/h6-14,18,23,26H,15-17,19,30H2,1-5H3/t23-,26+/m1/s1. The molecule has 1 aromatic heterocycles. The summed E-state index contributed by atoms with van der Waals surface area (Å²) in [7, 11) is 1.46. The van der Waals surface area contributed by atoms with Gasteiger partial charge >= 0.3 is 0 Å². The molecule has 0 aliphatic rings. The Bertz CT molecular complexity index is 1110. The summed E-state index contributed by atoms with van der Waals surface area (Å²) in [6.45, 7) is 8.33. The maximum atomic E-state index is 14.6. The summed E-state index contributed by atoms with van der Waals surface area (Å²) >= 11 is 0. The molecule has 0 spiro atoms. The fourth-order valence-electron chi connectivity index (χ4n) is 4.33. The number of rotatable bonds is 10. The van der Waals surface area contributed by atoms with Gasteiger partial charge in [0.1, 0.15) is 18.6 Å². The summed E-state index contributed by atoms with van der Waals surface area (Å²) in [5.41, 5.74) is 9.26. The number of nitrogens with zero attached hydrogens (tertiary/aromatic N) is 3. The number of carbonyl (C=O) groups excluding carboxylic acids is 1. The second-order valence-electron chi connectivity index (χ2n) is 9.99. The molecular formula is C28H37FN4O2. The molecule has 3 aromatic rings. The Labute approximate surface area is 207 Å². The SMILES string of the molecule is COCC(=O)N(C[C@H](F)CN)[C@@H](c1nc(-c2ccccc2)cn1Cc1ccccc1C)C(C)(C)C. The number of carbonyl (C=O) groups is 1. The van der Waals surface area contributed by atoms with Gasteiger partial charge in [0.15, 0.2) is 0 Å². The van der Waals surface area contributed by atoms with Crippen LogP contribution in [0, 0.1) is 12.3 Å². The molecule has 0 saturated heterocycles. The molecule has 7 heteroatoms. The maximum Gasteiger partial charge on any atom is 0.249 e. The van der Waals surface area contributed by atoms with Gasteiger partial charge in [0.05, 0.1) is 18.3 Å². The lowest BCUT2D eigenvalue weighted by Gasteiger charge is -2.40. The number of amides is 1. The van der Waals surface area contributed by atoms with Gasteiger partial charge in [0.2, 0.25) is 5.91 Å². The molecule has 0 aliphatic carbocycles. The molecule has 1 amide bonds. The zero-order valence-electron chi connectivity index (χ0n) is 21.4. The van der Waals surface area contributed by atoms with Gasteiger partial charge in [0.25, 0.3) is 0 Å². The van der Waals surface area contributed by atoms with Crippen molar-refractivity contribution in [2.75, 3.05) is 26.8 Å². The van der Waals surface area contributed by atoms with Crippen LogP contribution in [0.5, 0.6) is 0 Å². The summed E-state index contributed by atoms with van der Waals surface area (Å²) in [4.78, 5) is 19.8. The molecule has 2 aromatic carbocycles. The number of aromatic nitrogens is 2. The predicted octanol–water partition coefficient (Wildman–Crippen LogP) is 4.77. The van der Waals surface area contributed by atoms with Crippen molar-refractivity contribution in [1.29, 1.82) is 0 Å². The van der Waals surface area contributed by atoms with Gasteiger partial charge in [-0.25, -0.2) is 9.37 Å². The van der Waals surface area contributed by atoms with E-state index in [1.165, 1.54) is 12.7 Å². The summed E-state index contributed by atoms with van der Waals surface area (Å²) in [5, 5.41) is 0. The van der Waals surface area contributed by atoms with Crippen molar-refractivity contribution in [3.63, 3.8) is 0 Å². The summed E-state index contributed by atoms with van der Waals surface area (Å²) in [5.74, 6) is 0.406. The highest BCUT2D eigenvalue weighted by atomic mass is 19.1. The molecule has 2 atom stereocenters. The Kier molecular flexibility index (Phi) is 8.81. The van der Waals surface area contributed by atoms with Crippen molar-refractivity contribution >= 4 is 5.91 Å². The van der Waals surface area contributed by atoms with Crippen molar-refractivity contribution in [2.24, 2.45) is 11.1 Å². The molecule has 3 rings (SSSR count). The van der Waals surface area contributed by atoms with Gasteiger partial charge in [-0.3, -0.25) is 4.79 Å². The molecule has 2 N–H and O–H groups in total. The number of ether oxygens (including phenoxy) is 1. The number of hydrogen-bond donors (Lipinski definition) is 1. The summed E-state index contributed by atoms with van der Waals surface area (Å²) < 4.78 is 21.9. The molecule has 35 heavy (non-hydrogen) atoms. The topological polar surface area (TPSA) is 73.4 Å². The van der Waals surface area contributed by atoms with Gasteiger partial charge in [-0.1, -0.05) is 75.4 Å². The van der Waals surface area contributed by atoms with Crippen LogP contribution in [-0.4, -0.2) is 53.3 Å². The second kappa shape index (κ2) is 11.6. The highest BCUT2D eigenvalue weighted by molar-refractivity contribution is 5.78. The largest absolute Gasteiger partial charge is 0.375 e. The first-order chi connectivity index (χ1) is 16.7. The maximum absolute atomic E-state index is 14.6. The van der Waals surface area contributed by atoms with Gasteiger partial charge in [-0.2, -0.15) is 0 Å². The fraction of sp³-hybridized carbons (Fsp3) is 0.429. The van der Waals surface area contributed by atoms with Crippen LogP contribution in [0.15, 0.2) is 60.8 Å². The van der Waals surface area contributed by atoms with E-state index in [-0.39, 0.29) is 25.6 Å². The first-order valence-corrected chi connectivity index (χ1v) is 11.9. The molecule has 0 bridgehead atoms. The third-order valence-electron chi connectivity index (χ3n) is 6.09. The highest BCUT2D eigenvalue weighted by Gasteiger charge is 2.39. The average molecular weight is 481 g/mol. The molecule has 0 unspecified atom stereocenters. The number of alkyl halides is 1. The van der Waals surface area contributed by atoms with Crippen LogP contribution < -0.4 is 5.73 Å². The number of methoxy groups -OCH3 is 1. The van der Waals surface area contributed by atoms with E-state index in [4.69, 9.17) is 15.5 Å². The molecule has 188 valence electrons. The van der Waals surface area contributed by atoms with Crippen molar-refractivity contribution in [3.05, 3.63) is 77.7 Å². The van der Waals surface area contributed by atoms with Crippen molar-refractivity contribution < 1.29 is 13.9 Å². The minimum absolute atomic E-state index is 0.126. The smallest absolute Gasteiger partial charge is 0.249 e. The first-order valence-electron chi connectivity index (χ1n) is 11.9. The molecule has 0 saturated carbocycles. The monoisotopic (exact) mass is 480 g/mol. The molecular weight excluding hydrogens is 443 g/mol. The highest BCUT2D eigenvalue weighted by Crippen LogP contribution is 2.39. The van der Waals surface area contributed by atoms with Crippen LogP contribution in [0.3, 0.4) is 0 Å². The van der Waals surface area contributed by atoms with Gasteiger partial charge in [-0.15, -0.1) is 0 Å². The molecule has 1 heterocycles. The van der Waals surface area contributed by atoms with E-state index in [0.29, 0.717) is 12.4 Å². The van der Waals surface area contributed by atoms with E-state index >= 15 is 0 Å². The van der Waals surface area contributed by atoms with Crippen molar-refractivity contribution in [1.82, 2.24) is 14.5 Å². The summed E-state index contributed by atoms with van der Waals surface area (Å²) in [6.07, 6.45) is 0.666. The third kappa shape index (κ3) is 6.55. The number of nitrogens with two attached hydrogens (primary N) is 1. The predicted molar refractivity (Wildman–Crippen MR) is 138 cm³/mol. The van der Waals surface area contributed by atoms with E-state index in [2.05, 4.69) is 23.6 Å². The zero-order valence-corrected chi connectivity index (χ0v) is 21.4. The number of imidazole rings is 1. The lowest BCUT2D eigenvalue weighted by molar-refractivity contribution is -0.141. The van der Waals surface area contributed by atoms with Crippen LogP contribution in [0.1, 0.15) is 43.8 Å². The molecule has 0 aliphatic heterocycles. The quantitative estimate of drug-likeness (QED) is 0.454. The van der Waals surface area contributed by atoms with Gasteiger partial charge < -0.3 is 19.9 Å². The molecule has 0 fully saturated rings. The van der Waals surface area contributed by atoms with Gasteiger partial charge in [-0.05, 0) is 23.5 Å². The number of hydrogen-bond acceptors (Lipinski definition) is 4. The van der Waals surface area contributed by atoms with Crippen LogP contribution in [0.2, 0.25) is 0 Å². The Morgan fingerprint density at radius 3 is 2.40 bits per heavy atom. The third-order valence-corrected chi connectivity index (χ3v) is 6.09. The van der Waals surface area contributed by atoms with Crippen LogP contribution in [-0.2, 0) is 16.1 Å². The second-order valence-corrected chi connectivity index (χ2v) is 9.99. The van der Waals surface area contributed by atoms with Gasteiger partial charge in [0, 0.05) is 32.0 Å². The lowest BCUT2D eigenvalue weighted by Crippen LogP contribution is -2.47. The molecule has 6 nitrogen and oxygen atoms in total. The van der Waals surface area contributed by atoms with Crippen LogP contribution in [0.4, 0.5) is 4.39 Å². The Morgan fingerprint density at radius 1 is 1.14 bits per heavy atom. The summed E-state index contributed by atoms with van der Waals surface area (Å²) in [6, 6.07) is 17.6. The van der Waals surface area contributed by atoms with Crippen molar-refractivity contribution in [3.8, 4) is 11.3 Å². The minimum Gasteiger partial charge on any atom is -0.375 e. The van der Waals surface area contributed by atoms with E-state index < -0.39 is 17.6 Å². The Morgan fingerprint density at radius 2 is 1.80 bits per heavy atom. The average Bonchev–Trinajstić information content (AvgIpc) is 3.23. The normalized spacial score (nSPS) is 13.5. The zero-order chi connectivity index (χ0) is 25.6. The lowest BCUT2D eigenvalue weighted by atomic mass is 9.84. The Balaban J connectivity index is 2.19. The molecule has 0 radical (unpaired) electrons. The van der Waals surface area contributed by atoms with Crippen molar-refractivity contribution in [2.45, 2.75) is 46.5 Å². The van der Waals surface area contributed by atoms with E-state index in [1.807, 2.05) is 69.4 Å². The fourth-order valence-corrected chi connectivity index (χ4v) is 4.33. The van der Waals surface area contributed by atoms with E-state index in [0.717, 1.165) is 16.8 Å². The Hall–Kier alpha value is -3.03. The first kappa shape index (κ1) is 26.6. The number of halogens is 1. The van der Waals surface area contributed by atoms with E-state index in [9.17, 15) is 9.18 Å². The minimum atomic E-state index is -1.35.